The van der Waals surface area contributed by atoms with Crippen LogP contribution in [0.1, 0.15) is 233 Å². The van der Waals surface area contributed by atoms with Crippen LogP contribution in [-0.4, -0.2) is 9.13 Å². The van der Waals surface area contributed by atoms with E-state index in [1.165, 1.54) is 215 Å². The molecule has 66 heavy (non-hydrogen) atoms. The quantitative estimate of drug-likeness (QED) is 0.0365. The van der Waals surface area contributed by atoms with Gasteiger partial charge in [0.05, 0.1) is 40.6 Å². The van der Waals surface area contributed by atoms with Gasteiger partial charge in [-0.2, -0.15) is 0 Å². The Morgan fingerprint density at radius 2 is 0.682 bits per heavy atom. The molecule has 8 heteroatoms. The predicted molar refractivity (Wildman–Crippen MR) is 299 cm³/mol. The summed E-state index contributed by atoms with van der Waals surface area (Å²) in [7, 11) is 0. The van der Waals surface area contributed by atoms with Crippen molar-refractivity contribution in [1.82, 2.24) is 9.13 Å². The van der Waals surface area contributed by atoms with Crippen LogP contribution in [0.25, 0.3) is 50.4 Å². The molecule has 366 valence electrons. The molecule has 6 heterocycles. The van der Waals surface area contributed by atoms with Crippen molar-refractivity contribution in [1.29, 1.82) is 0 Å². The van der Waals surface area contributed by atoms with E-state index in [4.69, 9.17) is 0 Å². The molecule has 0 amide bonds. The monoisotopic (exact) mass is 973 g/mol. The van der Waals surface area contributed by atoms with Crippen LogP contribution in [0.3, 0.4) is 0 Å². The van der Waals surface area contributed by atoms with E-state index >= 15 is 0 Å². The molecule has 0 aliphatic carbocycles. The molecule has 6 aromatic rings. The minimum atomic E-state index is 0.166. The van der Waals surface area contributed by atoms with E-state index in [1.54, 1.807) is 45.3 Å². The van der Waals surface area contributed by atoms with E-state index in [1.807, 2.05) is 0 Å². The zero-order chi connectivity index (χ0) is 46.4. The Bertz CT molecular complexity index is 2220. The summed E-state index contributed by atoms with van der Waals surface area (Å²) in [6.07, 6.45) is 42.0. The number of aromatic nitrogens is 2. The molecule has 0 spiro atoms. The summed E-state index contributed by atoms with van der Waals surface area (Å²) in [4.78, 5) is 31.7. The van der Waals surface area contributed by atoms with Crippen molar-refractivity contribution in [2.45, 2.75) is 246 Å². The van der Waals surface area contributed by atoms with Crippen LogP contribution in [-0.2, 0) is 13.1 Å². The Morgan fingerprint density at radius 3 is 0.985 bits per heavy atom. The van der Waals surface area contributed by atoms with Crippen LogP contribution in [0.15, 0.2) is 44.6 Å². The highest BCUT2D eigenvalue weighted by Crippen LogP contribution is 2.44. The van der Waals surface area contributed by atoms with Gasteiger partial charge in [0.2, 0.25) is 0 Å². The second-order valence-electron chi connectivity index (χ2n) is 20.2. The lowest BCUT2D eigenvalue weighted by Gasteiger charge is -2.19. The third kappa shape index (κ3) is 15.4. The largest absolute Gasteiger partial charge is 0.307 e. The highest BCUT2D eigenvalue weighted by Gasteiger charge is 2.23. The number of pyridine rings is 2. The van der Waals surface area contributed by atoms with Crippen LogP contribution in [0.5, 0.6) is 0 Å². The molecule has 0 bridgehead atoms. The van der Waals surface area contributed by atoms with E-state index in [2.05, 4.69) is 71.9 Å². The van der Waals surface area contributed by atoms with Crippen LogP contribution in [0.2, 0.25) is 0 Å². The summed E-state index contributed by atoms with van der Waals surface area (Å²) in [6, 6.07) is 8.74. The number of rotatable bonds is 37. The Hall–Kier alpha value is -2.26. The highest BCUT2D eigenvalue weighted by atomic mass is 32.1. The second kappa shape index (κ2) is 29.7. The zero-order valence-electron chi connectivity index (χ0n) is 42.0. The molecule has 2 unspecified atom stereocenters. The number of nitrogens with zero attached hydrogens (tertiary/aromatic N) is 2. The molecule has 0 saturated carbocycles. The van der Waals surface area contributed by atoms with Crippen molar-refractivity contribution in [2.75, 3.05) is 0 Å². The lowest BCUT2D eigenvalue weighted by molar-refractivity contribution is 0.358. The van der Waals surface area contributed by atoms with E-state index in [-0.39, 0.29) is 11.1 Å². The Kier molecular flexibility index (Phi) is 23.9. The van der Waals surface area contributed by atoms with Crippen LogP contribution >= 0.6 is 45.3 Å². The molecule has 0 radical (unpaired) electrons. The maximum Gasteiger partial charge on any atom is 0.259 e. The number of hydrogen-bond donors (Lipinski definition) is 0. The van der Waals surface area contributed by atoms with Crippen LogP contribution < -0.4 is 11.1 Å². The molecule has 0 aliphatic rings. The van der Waals surface area contributed by atoms with Gasteiger partial charge in [0, 0.05) is 22.8 Å². The van der Waals surface area contributed by atoms with Crippen molar-refractivity contribution < 1.29 is 0 Å². The molecular formula is C58H88N2O2S4. The average molecular weight is 974 g/mol. The molecule has 0 aromatic carbocycles. The Labute approximate surface area is 416 Å². The van der Waals surface area contributed by atoms with Gasteiger partial charge in [0.25, 0.3) is 11.1 Å². The maximum absolute atomic E-state index is 14.7. The molecule has 4 nitrogen and oxygen atoms in total. The van der Waals surface area contributed by atoms with Crippen molar-refractivity contribution in [3.8, 4) is 9.75 Å². The molecule has 6 aromatic heterocycles. The lowest BCUT2D eigenvalue weighted by Crippen LogP contribution is -2.24. The second-order valence-corrected chi connectivity index (χ2v) is 24.1. The minimum Gasteiger partial charge on any atom is -0.307 e. The number of unbranched alkanes of at least 4 members (excludes halogenated alkanes) is 24. The van der Waals surface area contributed by atoms with Crippen LogP contribution in [0, 0.1) is 11.8 Å². The van der Waals surface area contributed by atoms with Gasteiger partial charge in [-0.3, -0.25) is 9.59 Å². The van der Waals surface area contributed by atoms with Gasteiger partial charge in [-0.15, -0.1) is 45.3 Å². The average Bonchev–Trinajstić information content (AvgIpc) is 4.16. The van der Waals surface area contributed by atoms with Gasteiger partial charge < -0.3 is 9.13 Å². The summed E-state index contributed by atoms with van der Waals surface area (Å²) < 4.78 is 9.02. The fourth-order valence-corrected chi connectivity index (χ4v) is 15.2. The lowest BCUT2D eigenvalue weighted by atomic mass is 9.93. The standard InChI is InChI=1S/C58H88N2O2S4/c1-5-9-13-17-21-23-27-31-35-45(33-29-25-19-15-11-7-3)43-59-49-37-39-63-55(49)53-47(57(59)61)41-51(65-53)52-42-48-54(66-52)56-50(38-40-64-56)60(58(48)62)44-46(34-30-26-20-16-12-8-4)36-32-28-24-22-18-14-10-6-2/h37-42,45-46H,5-36,43-44H2,1-4H3. The normalized spacial score (nSPS) is 13.1. The SMILES string of the molecule is CCCCCCCCCCC(CCCCCCCC)Cn1c(=O)c2cc(-c3cc4c(=O)n(CC(CCCCCCCC)CCCCCCCCCC)c5ccsc5c4s3)sc2c2sccc21. The van der Waals surface area contributed by atoms with Gasteiger partial charge in [-0.1, -0.05) is 207 Å². The minimum absolute atomic E-state index is 0.166. The first-order valence-corrected chi connectivity index (χ1v) is 31.0. The van der Waals surface area contributed by atoms with E-state index in [0.29, 0.717) is 11.8 Å². The fourth-order valence-electron chi connectivity index (χ4n) is 10.7. The number of hydrogen-bond acceptors (Lipinski definition) is 6. The van der Waals surface area contributed by atoms with Crippen molar-refractivity contribution >= 4 is 86.0 Å². The van der Waals surface area contributed by atoms with E-state index < -0.39 is 0 Å². The molecule has 2 atom stereocenters. The number of thiophene rings is 4. The van der Waals surface area contributed by atoms with E-state index in [0.717, 1.165) is 54.0 Å². The van der Waals surface area contributed by atoms with Gasteiger partial charge in [0.15, 0.2) is 0 Å². The van der Waals surface area contributed by atoms with Gasteiger partial charge >= 0.3 is 0 Å². The zero-order valence-corrected chi connectivity index (χ0v) is 45.3. The summed E-state index contributed by atoms with van der Waals surface area (Å²) in [6.45, 7) is 10.8. The highest BCUT2D eigenvalue weighted by molar-refractivity contribution is 7.32. The smallest absolute Gasteiger partial charge is 0.259 e. The summed E-state index contributed by atoms with van der Waals surface area (Å²) in [5, 5.41) is 6.07. The molecule has 0 saturated heterocycles. The summed E-state index contributed by atoms with van der Waals surface area (Å²) in [5.74, 6) is 1.05. The molecule has 0 fully saturated rings. The maximum atomic E-state index is 14.7. The van der Waals surface area contributed by atoms with Crippen molar-refractivity contribution in [3.63, 3.8) is 0 Å². The third-order valence-corrected chi connectivity index (χ3v) is 19.3. The van der Waals surface area contributed by atoms with Crippen molar-refractivity contribution in [2.24, 2.45) is 11.8 Å². The van der Waals surface area contributed by atoms with Crippen molar-refractivity contribution in [3.05, 3.63) is 55.7 Å². The van der Waals surface area contributed by atoms with Gasteiger partial charge in [-0.25, -0.2) is 0 Å². The molecule has 0 N–H and O–H groups in total. The first-order chi connectivity index (χ1) is 32.5. The summed E-state index contributed by atoms with van der Waals surface area (Å²) >= 11 is 7.07. The predicted octanol–water partition coefficient (Wildman–Crippen LogP) is 20.3. The third-order valence-electron chi connectivity index (χ3n) is 14.7. The molecule has 6 rings (SSSR count). The van der Waals surface area contributed by atoms with Crippen LogP contribution in [0.4, 0.5) is 0 Å². The summed E-state index contributed by atoms with van der Waals surface area (Å²) in [5.41, 5.74) is 2.55. The van der Waals surface area contributed by atoms with Gasteiger partial charge in [-0.05, 0) is 72.5 Å². The Morgan fingerprint density at radius 1 is 0.394 bits per heavy atom. The Balaban J connectivity index is 1.22. The topological polar surface area (TPSA) is 44.0 Å². The molecular weight excluding hydrogens is 885 g/mol. The first kappa shape index (κ1) is 53.1. The molecule has 0 aliphatic heterocycles. The van der Waals surface area contributed by atoms with Gasteiger partial charge in [0.1, 0.15) is 0 Å². The van der Waals surface area contributed by atoms with E-state index in [9.17, 15) is 9.59 Å². The first-order valence-electron chi connectivity index (χ1n) is 27.6. The fraction of sp³-hybridized carbons (Fsp3) is 0.690. The number of fused-ring (bicyclic) bond motifs is 6.